The van der Waals surface area contributed by atoms with Crippen LogP contribution in [0.25, 0.3) is 0 Å². The number of benzene rings is 1. The lowest BCUT2D eigenvalue weighted by atomic mass is 10.2. The molecule has 0 radical (unpaired) electrons. The van der Waals surface area contributed by atoms with Crippen molar-refractivity contribution >= 4 is 17.2 Å². The molecule has 1 aliphatic rings. The van der Waals surface area contributed by atoms with Gasteiger partial charge in [0, 0.05) is 33.7 Å². The minimum absolute atomic E-state index is 0.0231. The molecule has 1 heterocycles. The maximum absolute atomic E-state index is 12.3. The van der Waals surface area contributed by atoms with Crippen LogP contribution >= 0.6 is 11.3 Å². The number of hydrogen-bond donors (Lipinski definition) is 2. The minimum Gasteiger partial charge on any atom is -0.491 e. The first-order chi connectivity index (χ1) is 11.2. The van der Waals surface area contributed by atoms with Crippen molar-refractivity contribution in [1.29, 1.82) is 0 Å². The van der Waals surface area contributed by atoms with Crippen LogP contribution in [-0.2, 0) is 11.3 Å². The highest BCUT2D eigenvalue weighted by molar-refractivity contribution is 7.12. The Morgan fingerprint density at radius 1 is 1.35 bits per heavy atom. The van der Waals surface area contributed by atoms with Crippen LogP contribution in [0.3, 0.4) is 0 Å². The van der Waals surface area contributed by atoms with Crippen molar-refractivity contribution in [3.05, 3.63) is 51.7 Å². The Balaban J connectivity index is 1.54. The lowest BCUT2D eigenvalue weighted by Crippen LogP contribution is -2.25. The minimum atomic E-state index is -0.0231. The number of para-hydroxylation sites is 1. The van der Waals surface area contributed by atoms with E-state index >= 15 is 0 Å². The summed E-state index contributed by atoms with van der Waals surface area (Å²) in [6.45, 7) is 2.78. The van der Waals surface area contributed by atoms with Gasteiger partial charge in [-0.05, 0) is 31.5 Å². The largest absolute Gasteiger partial charge is 0.491 e. The van der Waals surface area contributed by atoms with Gasteiger partial charge in [-0.1, -0.05) is 18.2 Å². The molecule has 0 aliphatic heterocycles. The number of aliphatic hydroxyl groups is 1. The summed E-state index contributed by atoms with van der Waals surface area (Å²) in [6, 6.07) is 11.8. The summed E-state index contributed by atoms with van der Waals surface area (Å²) in [6.07, 6.45) is 0.939. The molecule has 1 amide bonds. The van der Waals surface area contributed by atoms with Gasteiger partial charge in [-0.15, -0.1) is 11.3 Å². The molecule has 1 aromatic heterocycles. The first-order valence-corrected chi connectivity index (χ1v) is 8.66. The molecule has 2 aromatic rings. The number of aryl methyl sites for hydroxylation is 1. The average Bonchev–Trinajstić information content (AvgIpc) is 3.26. The fourth-order valence-corrected chi connectivity index (χ4v) is 3.77. The number of nitrogens with one attached hydrogen (secondary N) is 1. The topological polar surface area (TPSA) is 58.6 Å². The summed E-state index contributed by atoms with van der Waals surface area (Å²) in [4.78, 5) is 14.9. The van der Waals surface area contributed by atoms with Crippen LogP contribution in [0.15, 0.2) is 36.4 Å². The Hall–Kier alpha value is -1.85. The second-order valence-electron chi connectivity index (χ2n) is 5.79. The highest BCUT2D eigenvalue weighted by Crippen LogP contribution is 2.49. The van der Waals surface area contributed by atoms with Gasteiger partial charge in [-0.2, -0.15) is 0 Å². The molecule has 0 spiro atoms. The molecule has 4 nitrogen and oxygen atoms in total. The van der Waals surface area contributed by atoms with E-state index in [1.807, 2.05) is 24.3 Å². The van der Waals surface area contributed by atoms with Crippen LogP contribution in [0.4, 0.5) is 0 Å². The second-order valence-corrected chi connectivity index (χ2v) is 7.11. The smallest absolute Gasteiger partial charge is 0.224 e. The predicted molar refractivity (Wildman–Crippen MR) is 90.8 cm³/mol. The maximum atomic E-state index is 12.3. The molecular formula is C18H21NO3S. The van der Waals surface area contributed by atoms with Gasteiger partial charge in [-0.25, -0.2) is 0 Å². The Kier molecular flexibility index (Phi) is 4.98. The van der Waals surface area contributed by atoms with Gasteiger partial charge in [0.2, 0.25) is 5.91 Å². The zero-order valence-electron chi connectivity index (χ0n) is 13.1. The van der Waals surface area contributed by atoms with E-state index in [0.717, 1.165) is 12.0 Å². The van der Waals surface area contributed by atoms with Crippen LogP contribution in [0.5, 0.6) is 5.75 Å². The van der Waals surface area contributed by atoms with Gasteiger partial charge in [0.1, 0.15) is 12.4 Å². The number of thiophene rings is 1. The third-order valence-corrected chi connectivity index (χ3v) is 5.16. The first kappa shape index (κ1) is 16.0. The van der Waals surface area contributed by atoms with Crippen molar-refractivity contribution in [2.75, 3.05) is 13.2 Å². The SMILES string of the molecule is Cc1ccc(C2CC2C(=O)NCc2ccccc2OCCO)s1. The fourth-order valence-electron chi connectivity index (χ4n) is 2.71. The summed E-state index contributed by atoms with van der Waals surface area (Å²) in [5, 5.41) is 11.9. The zero-order chi connectivity index (χ0) is 16.2. The normalized spacial score (nSPS) is 19.4. The number of carbonyl (C=O) groups excluding carboxylic acids is 1. The Bertz CT molecular complexity index is 682. The molecule has 1 aliphatic carbocycles. The average molecular weight is 331 g/mol. The van der Waals surface area contributed by atoms with Crippen LogP contribution in [-0.4, -0.2) is 24.2 Å². The van der Waals surface area contributed by atoms with E-state index < -0.39 is 0 Å². The van der Waals surface area contributed by atoms with E-state index in [4.69, 9.17) is 9.84 Å². The highest BCUT2D eigenvalue weighted by atomic mass is 32.1. The first-order valence-electron chi connectivity index (χ1n) is 7.84. The van der Waals surface area contributed by atoms with Crippen molar-refractivity contribution in [3.63, 3.8) is 0 Å². The molecule has 0 saturated heterocycles. The number of aliphatic hydroxyl groups excluding tert-OH is 1. The van der Waals surface area contributed by atoms with Gasteiger partial charge in [-0.3, -0.25) is 4.79 Å². The van der Waals surface area contributed by atoms with Gasteiger partial charge in [0.15, 0.2) is 0 Å². The van der Waals surface area contributed by atoms with Crippen molar-refractivity contribution in [1.82, 2.24) is 5.32 Å². The molecule has 2 unspecified atom stereocenters. The monoisotopic (exact) mass is 331 g/mol. The molecule has 23 heavy (non-hydrogen) atoms. The van der Waals surface area contributed by atoms with Gasteiger partial charge in [0.25, 0.3) is 0 Å². The van der Waals surface area contributed by atoms with E-state index in [9.17, 15) is 4.79 Å². The molecule has 5 heteroatoms. The Labute approximate surface area is 140 Å². The van der Waals surface area contributed by atoms with E-state index in [0.29, 0.717) is 18.2 Å². The van der Waals surface area contributed by atoms with Crippen LogP contribution in [0.1, 0.15) is 27.7 Å². The van der Waals surface area contributed by atoms with E-state index in [1.165, 1.54) is 9.75 Å². The summed E-state index contributed by atoms with van der Waals surface area (Å²) in [7, 11) is 0. The third kappa shape index (κ3) is 3.92. The van der Waals surface area contributed by atoms with Crippen molar-refractivity contribution in [2.24, 2.45) is 5.92 Å². The third-order valence-electron chi connectivity index (χ3n) is 4.03. The summed E-state index contributed by atoms with van der Waals surface area (Å²) in [5.41, 5.74) is 0.929. The van der Waals surface area contributed by atoms with Gasteiger partial charge < -0.3 is 15.2 Å². The van der Waals surface area contributed by atoms with Crippen LogP contribution in [0, 0.1) is 12.8 Å². The fraction of sp³-hybridized carbons (Fsp3) is 0.389. The molecule has 2 N–H and O–H groups in total. The number of amides is 1. The predicted octanol–water partition coefficient (Wildman–Crippen LogP) is 2.85. The zero-order valence-corrected chi connectivity index (χ0v) is 13.9. The van der Waals surface area contributed by atoms with Crippen molar-refractivity contribution in [3.8, 4) is 5.75 Å². The van der Waals surface area contributed by atoms with Crippen LogP contribution in [0.2, 0.25) is 0 Å². The number of carbonyl (C=O) groups is 1. The molecule has 1 saturated carbocycles. The lowest BCUT2D eigenvalue weighted by molar-refractivity contribution is -0.122. The number of ether oxygens (including phenoxy) is 1. The van der Waals surface area contributed by atoms with E-state index in [1.54, 1.807) is 11.3 Å². The quantitative estimate of drug-likeness (QED) is 0.820. The lowest BCUT2D eigenvalue weighted by Gasteiger charge is -2.11. The molecule has 1 fully saturated rings. The molecular weight excluding hydrogens is 310 g/mol. The Morgan fingerprint density at radius 3 is 2.91 bits per heavy atom. The molecule has 0 bridgehead atoms. The van der Waals surface area contributed by atoms with E-state index in [-0.39, 0.29) is 25.0 Å². The van der Waals surface area contributed by atoms with Crippen molar-refractivity contribution < 1.29 is 14.6 Å². The van der Waals surface area contributed by atoms with E-state index in [2.05, 4.69) is 24.4 Å². The number of rotatable bonds is 7. The van der Waals surface area contributed by atoms with Gasteiger partial charge in [0.05, 0.1) is 6.61 Å². The van der Waals surface area contributed by atoms with Gasteiger partial charge >= 0.3 is 0 Å². The summed E-state index contributed by atoms with van der Waals surface area (Å²) in [5.74, 6) is 1.30. The highest BCUT2D eigenvalue weighted by Gasteiger charge is 2.44. The summed E-state index contributed by atoms with van der Waals surface area (Å²) < 4.78 is 5.49. The standard InChI is InChI=1S/C18H21NO3S/c1-12-6-7-17(23-12)14-10-15(14)18(21)19-11-13-4-2-3-5-16(13)22-9-8-20/h2-7,14-15,20H,8-11H2,1H3,(H,19,21). The molecule has 3 rings (SSSR count). The molecule has 2 atom stereocenters. The second kappa shape index (κ2) is 7.15. The van der Waals surface area contributed by atoms with Crippen LogP contribution < -0.4 is 10.1 Å². The maximum Gasteiger partial charge on any atom is 0.224 e. The molecule has 1 aromatic carbocycles. The summed E-state index contributed by atoms with van der Waals surface area (Å²) >= 11 is 1.78. The van der Waals surface area contributed by atoms with Crippen molar-refractivity contribution in [2.45, 2.75) is 25.8 Å². The number of hydrogen-bond acceptors (Lipinski definition) is 4. The molecule has 122 valence electrons. The Morgan fingerprint density at radius 2 is 2.17 bits per heavy atom.